The summed E-state index contributed by atoms with van der Waals surface area (Å²) in [7, 11) is 0. The summed E-state index contributed by atoms with van der Waals surface area (Å²) in [6, 6.07) is 14.9. The fourth-order valence-corrected chi connectivity index (χ4v) is 2.30. The fraction of sp³-hybridized carbons (Fsp3) is 0.200. The first-order valence-corrected chi connectivity index (χ1v) is 8.90. The zero-order chi connectivity index (χ0) is 19.6. The number of rotatable bonds is 9. The van der Waals surface area contributed by atoms with E-state index in [2.05, 4.69) is 31.1 Å². The zero-order valence-corrected chi connectivity index (χ0v) is 15.6. The summed E-state index contributed by atoms with van der Waals surface area (Å²) in [6.07, 6.45) is 3.41. The summed E-state index contributed by atoms with van der Waals surface area (Å²) in [4.78, 5) is 15.8. The number of carbonyl (C=O) groups excluding carboxylic acids is 1. The summed E-state index contributed by atoms with van der Waals surface area (Å²) in [6.45, 7) is 2.96. The van der Waals surface area contributed by atoms with Crippen LogP contribution in [0.1, 0.15) is 5.56 Å². The molecule has 2 aromatic heterocycles. The number of aryl methyl sites for hydroxylation is 1. The van der Waals surface area contributed by atoms with Crippen molar-refractivity contribution in [2.24, 2.45) is 0 Å². The first kappa shape index (κ1) is 19.1. The number of nitrogens with zero attached hydrogens (tertiary/aromatic N) is 3. The highest BCUT2D eigenvalue weighted by molar-refractivity contribution is 5.77. The molecule has 0 spiro atoms. The standard InChI is InChI=1S/C20H22N6O2/c1-15-4-6-17(7-5-15)28-14-20(27)23-12-11-22-18-8-9-19(26-25-18)24-16-3-2-10-21-13-16/h2-10,13H,11-12,14H2,1H3,(H,22,25)(H,23,27)(H,24,26). The molecule has 0 saturated heterocycles. The Labute approximate surface area is 163 Å². The van der Waals surface area contributed by atoms with Crippen molar-refractivity contribution in [1.82, 2.24) is 20.5 Å². The number of aromatic nitrogens is 3. The maximum atomic E-state index is 11.8. The van der Waals surface area contributed by atoms with E-state index in [-0.39, 0.29) is 12.5 Å². The molecule has 0 atom stereocenters. The molecule has 0 fully saturated rings. The minimum atomic E-state index is -0.176. The molecule has 0 radical (unpaired) electrons. The van der Waals surface area contributed by atoms with E-state index in [1.54, 1.807) is 12.4 Å². The van der Waals surface area contributed by atoms with Crippen molar-refractivity contribution in [2.75, 3.05) is 30.3 Å². The van der Waals surface area contributed by atoms with Crippen LogP contribution >= 0.6 is 0 Å². The molecule has 1 amide bonds. The molecule has 28 heavy (non-hydrogen) atoms. The first-order chi connectivity index (χ1) is 13.7. The SMILES string of the molecule is Cc1ccc(OCC(=O)NCCNc2ccc(Nc3cccnc3)nn2)cc1. The van der Waals surface area contributed by atoms with E-state index in [1.807, 2.05) is 55.5 Å². The number of pyridine rings is 1. The number of benzene rings is 1. The summed E-state index contributed by atoms with van der Waals surface area (Å²) < 4.78 is 5.43. The van der Waals surface area contributed by atoms with Gasteiger partial charge in [0.2, 0.25) is 0 Å². The average Bonchev–Trinajstić information content (AvgIpc) is 2.73. The summed E-state index contributed by atoms with van der Waals surface area (Å²) in [5.41, 5.74) is 1.99. The third-order valence-electron chi connectivity index (χ3n) is 3.74. The Bertz CT molecular complexity index is 869. The molecule has 0 aliphatic heterocycles. The molecule has 8 nitrogen and oxygen atoms in total. The van der Waals surface area contributed by atoms with E-state index in [4.69, 9.17) is 4.74 Å². The van der Waals surface area contributed by atoms with Gasteiger partial charge < -0.3 is 20.7 Å². The van der Waals surface area contributed by atoms with Crippen molar-refractivity contribution in [1.29, 1.82) is 0 Å². The lowest BCUT2D eigenvalue weighted by molar-refractivity contribution is -0.123. The smallest absolute Gasteiger partial charge is 0.258 e. The van der Waals surface area contributed by atoms with Gasteiger partial charge in [0.25, 0.3) is 5.91 Å². The molecule has 0 unspecified atom stereocenters. The Hall–Kier alpha value is -3.68. The minimum Gasteiger partial charge on any atom is -0.484 e. The number of ether oxygens (including phenoxy) is 1. The van der Waals surface area contributed by atoms with Crippen molar-refractivity contribution in [3.63, 3.8) is 0 Å². The molecule has 0 bridgehead atoms. The third-order valence-corrected chi connectivity index (χ3v) is 3.74. The van der Waals surface area contributed by atoms with Gasteiger partial charge in [0.15, 0.2) is 12.4 Å². The monoisotopic (exact) mass is 378 g/mol. The molecule has 3 N–H and O–H groups in total. The van der Waals surface area contributed by atoms with Gasteiger partial charge in [-0.05, 0) is 43.3 Å². The number of amides is 1. The molecule has 144 valence electrons. The number of nitrogens with one attached hydrogen (secondary N) is 3. The number of hydrogen-bond donors (Lipinski definition) is 3. The van der Waals surface area contributed by atoms with E-state index in [0.717, 1.165) is 11.3 Å². The molecule has 0 aliphatic rings. The van der Waals surface area contributed by atoms with Crippen LogP contribution in [0, 0.1) is 6.92 Å². The topological polar surface area (TPSA) is 101 Å². The maximum absolute atomic E-state index is 11.8. The zero-order valence-electron chi connectivity index (χ0n) is 15.6. The Morgan fingerprint density at radius 2 is 1.79 bits per heavy atom. The van der Waals surface area contributed by atoms with Crippen molar-refractivity contribution in [3.05, 3.63) is 66.5 Å². The second kappa shape index (κ2) is 9.86. The van der Waals surface area contributed by atoms with Crippen LogP contribution in [0.2, 0.25) is 0 Å². The largest absolute Gasteiger partial charge is 0.484 e. The van der Waals surface area contributed by atoms with E-state index in [1.165, 1.54) is 0 Å². The molecule has 3 rings (SSSR count). The highest BCUT2D eigenvalue weighted by atomic mass is 16.5. The molecule has 3 aromatic rings. The van der Waals surface area contributed by atoms with Gasteiger partial charge in [-0.2, -0.15) is 0 Å². The average molecular weight is 378 g/mol. The third kappa shape index (κ3) is 6.24. The molecule has 1 aromatic carbocycles. The van der Waals surface area contributed by atoms with Crippen LogP contribution in [-0.2, 0) is 4.79 Å². The second-order valence-corrected chi connectivity index (χ2v) is 6.05. The van der Waals surface area contributed by atoms with Crippen LogP contribution in [0.5, 0.6) is 5.75 Å². The van der Waals surface area contributed by atoms with Gasteiger partial charge >= 0.3 is 0 Å². The minimum absolute atomic E-state index is 0.0163. The van der Waals surface area contributed by atoms with Crippen molar-refractivity contribution < 1.29 is 9.53 Å². The first-order valence-electron chi connectivity index (χ1n) is 8.90. The quantitative estimate of drug-likeness (QED) is 0.492. The fourth-order valence-electron chi connectivity index (χ4n) is 2.30. The van der Waals surface area contributed by atoms with E-state index in [9.17, 15) is 4.79 Å². The highest BCUT2D eigenvalue weighted by Crippen LogP contribution is 2.13. The Morgan fingerprint density at radius 3 is 2.50 bits per heavy atom. The Balaban J connectivity index is 1.33. The molecule has 0 aliphatic carbocycles. The molecular formula is C20H22N6O2. The Kier molecular flexibility index (Phi) is 6.73. The number of carbonyl (C=O) groups is 1. The van der Waals surface area contributed by atoms with Crippen molar-refractivity contribution >= 4 is 23.2 Å². The van der Waals surface area contributed by atoms with Crippen molar-refractivity contribution in [3.8, 4) is 5.75 Å². The lowest BCUT2D eigenvalue weighted by atomic mass is 10.2. The second-order valence-electron chi connectivity index (χ2n) is 6.05. The van der Waals surface area contributed by atoms with Gasteiger partial charge in [-0.25, -0.2) is 0 Å². The number of anilines is 3. The lowest BCUT2D eigenvalue weighted by Crippen LogP contribution is -2.32. The number of hydrogen-bond acceptors (Lipinski definition) is 7. The lowest BCUT2D eigenvalue weighted by Gasteiger charge is -2.09. The summed E-state index contributed by atoms with van der Waals surface area (Å²) >= 11 is 0. The predicted octanol–water partition coefficient (Wildman–Crippen LogP) is 2.53. The normalized spacial score (nSPS) is 10.2. The van der Waals surface area contributed by atoms with Crippen LogP contribution in [0.25, 0.3) is 0 Å². The van der Waals surface area contributed by atoms with Gasteiger partial charge in [0.05, 0.1) is 11.9 Å². The van der Waals surface area contributed by atoms with Crippen LogP contribution in [0.15, 0.2) is 60.9 Å². The van der Waals surface area contributed by atoms with E-state index >= 15 is 0 Å². The maximum Gasteiger partial charge on any atom is 0.258 e. The summed E-state index contributed by atoms with van der Waals surface area (Å²) in [5.74, 6) is 1.75. The van der Waals surface area contributed by atoms with Crippen LogP contribution in [0.4, 0.5) is 17.3 Å². The van der Waals surface area contributed by atoms with Crippen LogP contribution in [0.3, 0.4) is 0 Å². The van der Waals surface area contributed by atoms with Crippen molar-refractivity contribution in [2.45, 2.75) is 6.92 Å². The molecular weight excluding hydrogens is 356 g/mol. The van der Waals surface area contributed by atoms with E-state index in [0.29, 0.717) is 30.5 Å². The summed E-state index contributed by atoms with van der Waals surface area (Å²) in [5, 5.41) is 17.2. The van der Waals surface area contributed by atoms with Crippen LogP contribution < -0.4 is 20.7 Å². The molecule has 0 saturated carbocycles. The van der Waals surface area contributed by atoms with Gasteiger partial charge in [0.1, 0.15) is 11.6 Å². The molecule has 2 heterocycles. The van der Waals surface area contributed by atoms with Gasteiger partial charge in [-0.15, -0.1) is 10.2 Å². The van der Waals surface area contributed by atoms with Gasteiger partial charge in [-0.3, -0.25) is 9.78 Å². The Morgan fingerprint density at radius 1 is 1.00 bits per heavy atom. The van der Waals surface area contributed by atoms with Gasteiger partial charge in [-0.1, -0.05) is 17.7 Å². The molecule has 8 heteroatoms. The van der Waals surface area contributed by atoms with E-state index < -0.39 is 0 Å². The van der Waals surface area contributed by atoms with Gasteiger partial charge in [0, 0.05) is 19.3 Å². The predicted molar refractivity (Wildman–Crippen MR) is 108 cm³/mol. The van der Waals surface area contributed by atoms with Crippen LogP contribution in [-0.4, -0.2) is 40.8 Å². The highest BCUT2D eigenvalue weighted by Gasteiger charge is 2.03.